The van der Waals surface area contributed by atoms with Crippen molar-refractivity contribution in [2.45, 2.75) is 20.3 Å². The van der Waals surface area contributed by atoms with Gasteiger partial charge in [-0.2, -0.15) is 5.10 Å². The zero-order valence-corrected chi connectivity index (χ0v) is 17.2. The molecule has 27 heavy (non-hydrogen) atoms. The highest BCUT2D eigenvalue weighted by Gasteiger charge is 2.10. The second-order valence-electron chi connectivity index (χ2n) is 5.54. The molecule has 0 fully saturated rings. The first-order valence-electron chi connectivity index (χ1n) is 8.65. The number of amides is 1. The Morgan fingerprint density at radius 1 is 1.11 bits per heavy atom. The first-order chi connectivity index (χ1) is 13.1. The molecule has 0 radical (unpaired) electrons. The van der Waals surface area contributed by atoms with Crippen molar-refractivity contribution in [2.75, 3.05) is 20.3 Å². The number of hydrogen-bond donors (Lipinski definition) is 1. The van der Waals surface area contributed by atoms with Crippen molar-refractivity contribution in [2.24, 2.45) is 5.10 Å². The molecule has 144 valence electrons. The zero-order chi connectivity index (χ0) is 19.6. The van der Waals surface area contributed by atoms with Crippen LogP contribution in [0.2, 0.25) is 0 Å². The summed E-state index contributed by atoms with van der Waals surface area (Å²) in [6.07, 6.45) is 2.51. The second-order valence-corrected chi connectivity index (χ2v) is 6.39. The van der Waals surface area contributed by atoms with E-state index in [-0.39, 0.29) is 5.91 Å². The molecule has 7 heteroatoms. The van der Waals surface area contributed by atoms with Crippen LogP contribution < -0.4 is 19.6 Å². The molecule has 0 aliphatic rings. The highest BCUT2D eigenvalue weighted by atomic mass is 79.9. The number of nitrogens with one attached hydrogen (secondary N) is 1. The predicted molar refractivity (Wildman–Crippen MR) is 109 cm³/mol. The van der Waals surface area contributed by atoms with E-state index in [4.69, 9.17) is 14.2 Å². The first kappa shape index (κ1) is 20.8. The van der Waals surface area contributed by atoms with Gasteiger partial charge in [0.05, 0.1) is 31.0 Å². The minimum absolute atomic E-state index is 0.338. The third-order valence-electron chi connectivity index (χ3n) is 3.52. The number of rotatable bonds is 9. The lowest BCUT2D eigenvalue weighted by atomic mass is 10.2. The fourth-order valence-electron chi connectivity index (χ4n) is 2.24. The summed E-state index contributed by atoms with van der Waals surface area (Å²) < 4.78 is 17.1. The molecule has 0 atom stereocenters. The van der Waals surface area contributed by atoms with E-state index in [0.29, 0.717) is 30.3 Å². The van der Waals surface area contributed by atoms with Gasteiger partial charge in [-0.1, -0.05) is 6.92 Å². The largest absolute Gasteiger partial charge is 0.493 e. The average molecular weight is 435 g/mol. The second kappa shape index (κ2) is 10.6. The van der Waals surface area contributed by atoms with E-state index in [0.717, 1.165) is 22.2 Å². The molecule has 0 aliphatic carbocycles. The molecule has 0 saturated heterocycles. The molecule has 2 rings (SSSR count). The van der Waals surface area contributed by atoms with Gasteiger partial charge < -0.3 is 14.2 Å². The number of carbonyl (C=O) groups excluding carboxylic acids is 1. The molecule has 0 aromatic heterocycles. The summed E-state index contributed by atoms with van der Waals surface area (Å²) in [4.78, 5) is 12.3. The Morgan fingerprint density at radius 3 is 2.56 bits per heavy atom. The highest BCUT2D eigenvalue weighted by Crippen LogP contribution is 2.28. The lowest BCUT2D eigenvalue weighted by Crippen LogP contribution is -2.17. The van der Waals surface area contributed by atoms with Crippen molar-refractivity contribution in [1.82, 2.24) is 5.43 Å². The van der Waals surface area contributed by atoms with Gasteiger partial charge in [-0.25, -0.2) is 5.43 Å². The fraction of sp³-hybridized carbons (Fsp3) is 0.300. The Balaban J connectivity index is 2.01. The average Bonchev–Trinajstić information content (AvgIpc) is 2.67. The lowest BCUT2D eigenvalue weighted by molar-refractivity contribution is 0.0954. The van der Waals surface area contributed by atoms with Crippen molar-refractivity contribution >= 4 is 28.1 Å². The van der Waals surface area contributed by atoms with Gasteiger partial charge in [0, 0.05) is 5.56 Å². The summed E-state index contributed by atoms with van der Waals surface area (Å²) in [5.41, 5.74) is 3.76. The van der Waals surface area contributed by atoms with Crippen LogP contribution in [0.5, 0.6) is 17.2 Å². The van der Waals surface area contributed by atoms with E-state index < -0.39 is 0 Å². The highest BCUT2D eigenvalue weighted by molar-refractivity contribution is 9.10. The quantitative estimate of drug-likeness (QED) is 0.468. The summed E-state index contributed by atoms with van der Waals surface area (Å²) >= 11 is 3.47. The fourth-order valence-corrected chi connectivity index (χ4v) is 2.75. The Hall–Kier alpha value is -2.54. The lowest BCUT2D eigenvalue weighted by Gasteiger charge is -2.10. The summed E-state index contributed by atoms with van der Waals surface area (Å²) in [5, 5.41) is 4.01. The first-order valence-corrected chi connectivity index (χ1v) is 9.44. The van der Waals surface area contributed by atoms with Crippen molar-refractivity contribution in [3.63, 3.8) is 0 Å². The molecule has 0 heterocycles. The molecule has 1 N–H and O–H groups in total. The number of nitrogens with zero attached hydrogens (tertiary/aromatic N) is 1. The number of halogens is 1. The van der Waals surface area contributed by atoms with Crippen LogP contribution in [-0.4, -0.2) is 32.4 Å². The van der Waals surface area contributed by atoms with E-state index in [1.54, 1.807) is 24.4 Å². The van der Waals surface area contributed by atoms with Crippen LogP contribution in [-0.2, 0) is 0 Å². The molecular weight excluding hydrogens is 412 g/mol. The van der Waals surface area contributed by atoms with Gasteiger partial charge in [0.2, 0.25) is 0 Å². The summed E-state index contributed by atoms with van der Waals surface area (Å²) in [5.74, 6) is 1.53. The molecule has 1 amide bonds. The van der Waals surface area contributed by atoms with E-state index in [9.17, 15) is 4.79 Å². The number of hydrazone groups is 1. The monoisotopic (exact) mass is 434 g/mol. The predicted octanol–water partition coefficient (Wildman–Crippen LogP) is 4.41. The number of benzene rings is 2. The molecule has 2 aromatic rings. The summed E-state index contributed by atoms with van der Waals surface area (Å²) in [6.45, 7) is 5.12. The SMILES string of the molecule is CCCOc1ccc(/C=N/NC(=O)c2ccc(OCC)c(OC)c2)cc1Br. The Kier molecular flexibility index (Phi) is 8.13. The van der Waals surface area contributed by atoms with E-state index in [2.05, 4.69) is 33.4 Å². The Labute approximate surface area is 167 Å². The van der Waals surface area contributed by atoms with Gasteiger partial charge in [-0.15, -0.1) is 0 Å². The minimum atomic E-state index is -0.338. The van der Waals surface area contributed by atoms with Crippen LogP contribution in [0.3, 0.4) is 0 Å². The van der Waals surface area contributed by atoms with Gasteiger partial charge in [0.15, 0.2) is 11.5 Å². The number of hydrogen-bond acceptors (Lipinski definition) is 5. The third-order valence-corrected chi connectivity index (χ3v) is 4.14. The zero-order valence-electron chi connectivity index (χ0n) is 15.6. The maximum Gasteiger partial charge on any atom is 0.271 e. The van der Waals surface area contributed by atoms with Crippen LogP contribution in [0.15, 0.2) is 46.0 Å². The van der Waals surface area contributed by atoms with Gasteiger partial charge in [0.1, 0.15) is 5.75 Å². The molecule has 6 nitrogen and oxygen atoms in total. The maximum atomic E-state index is 12.3. The van der Waals surface area contributed by atoms with Crippen LogP contribution in [0.25, 0.3) is 0 Å². The van der Waals surface area contributed by atoms with Crippen molar-refractivity contribution in [3.05, 3.63) is 52.0 Å². The van der Waals surface area contributed by atoms with Crippen LogP contribution in [0, 0.1) is 0 Å². The van der Waals surface area contributed by atoms with Gasteiger partial charge in [-0.3, -0.25) is 4.79 Å². The standard InChI is InChI=1S/C20H23BrN2O4/c1-4-10-27-17-8-6-14(11-16(17)21)13-22-23-20(24)15-7-9-18(26-5-2)19(12-15)25-3/h6-9,11-13H,4-5,10H2,1-3H3,(H,23,24)/b22-13+. The van der Waals surface area contributed by atoms with Gasteiger partial charge >= 0.3 is 0 Å². The Morgan fingerprint density at radius 2 is 1.89 bits per heavy atom. The van der Waals surface area contributed by atoms with E-state index in [1.807, 2.05) is 25.1 Å². The molecular formula is C20H23BrN2O4. The Bertz CT molecular complexity index is 809. The molecule has 0 unspecified atom stereocenters. The molecule has 0 bridgehead atoms. The van der Waals surface area contributed by atoms with Crippen LogP contribution >= 0.6 is 15.9 Å². The summed E-state index contributed by atoms with van der Waals surface area (Å²) in [6, 6.07) is 10.6. The summed E-state index contributed by atoms with van der Waals surface area (Å²) in [7, 11) is 1.53. The smallest absolute Gasteiger partial charge is 0.271 e. The van der Waals surface area contributed by atoms with Crippen molar-refractivity contribution < 1.29 is 19.0 Å². The number of ether oxygens (including phenoxy) is 3. The van der Waals surface area contributed by atoms with Crippen LogP contribution in [0.1, 0.15) is 36.2 Å². The molecule has 2 aromatic carbocycles. The normalized spacial score (nSPS) is 10.7. The molecule has 0 aliphatic heterocycles. The topological polar surface area (TPSA) is 69.2 Å². The minimum Gasteiger partial charge on any atom is -0.493 e. The molecule has 0 saturated carbocycles. The van der Waals surface area contributed by atoms with Gasteiger partial charge in [0.25, 0.3) is 5.91 Å². The maximum absolute atomic E-state index is 12.3. The van der Waals surface area contributed by atoms with Crippen molar-refractivity contribution in [3.8, 4) is 17.2 Å². The van der Waals surface area contributed by atoms with E-state index in [1.165, 1.54) is 7.11 Å². The van der Waals surface area contributed by atoms with E-state index >= 15 is 0 Å². The van der Waals surface area contributed by atoms with Gasteiger partial charge in [-0.05, 0) is 71.2 Å². The third kappa shape index (κ3) is 5.99. The number of methoxy groups -OCH3 is 1. The van der Waals surface area contributed by atoms with Crippen LogP contribution in [0.4, 0.5) is 0 Å². The molecule has 0 spiro atoms. The number of carbonyl (C=O) groups is 1. The van der Waals surface area contributed by atoms with Crippen molar-refractivity contribution in [1.29, 1.82) is 0 Å².